The summed E-state index contributed by atoms with van der Waals surface area (Å²) >= 11 is 0. The van der Waals surface area contributed by atoms with E-state index < -0.39 is 0 Å². The molecule has 0 aliphatic carbocycles. The van der Waals surface area contributed by atoms with Crippen LogP contribution >= 0.6 is 0 Å². The predicted molar refractivity (Wildman–Crippen MR) is 573 cm³/mol. The fraction of sp³-hybridized carbons (Fsp3) is 0.787. The minimum absolute atomic E-state index is 0.538. The van der Waals surface area contributed by atoms with Crippen LogP contribution in [0.15, 0.2) is 69.5 Å². The SMILES string of the molecule is CCCCCCCCCCCCCCCCOc1cc(-c2nc3ccc(-c4ccc5nc(-c6cc(OCCCCCCCCCCCCCCCC)c(OCCCCCCCCCCCCCCCC)c(OCCCCCCCCCCCCCCCC)c6)oc5c4)cc3o2)cc(OCCCCCCCCCCCCCCCC)c1OCCCCCCCCCCCCCCCC. The number of hydrogen-bond acceptors (Lipinski definition) is 10. The second kappa shape index (κ2) is 83.8. The first kappa shape index (κ1) is 115. The molecule has 132 heavy (non-hydrogen) atoms. The average Bonchev–Trinajstić information content (AvgIpc) is 1.63. The third-order valence-corrected chi connectivity index (χ3v) is 28.2. The van der Waals surface area contributed by atoms with Gasteiger partial charge in [0, 0.05) is 11.1 Å². The van der Waals surface area contributed by atoms with Gasteiger partial charge in [-0.05, 0) is 98.2 Å². The van der Waals surface area contributed by atoms with Gasteiger partial charge in [-0.15, -0.1) is 0 Å². The summed E-state index contributed by atoms with van der Waals surface area (Å²) in [7, 11) is 0. The highest BCUT2D eigenvalue weighted by Gasteiger charge is 2.24. The third kappa shape index (κ3) is 57.1. The van der Waals surface area contributed by atoms with E-state index in [9.17, 15) is 0 Å². The van der Waals surface area contributed by atoms with Crippen molar-refractivity contribution in [2.75, 3.05) is 39.6 Å². The molecule has 10 heteroatoms. The van der Waals surface area contributed by atoms with Crippen molar-refractivity contribution in [3.63, 3.8) is 0 Å². The second-order valence-electron chi connectivity index (χ2n) is 40.7. The Morgan fingerprint density at radius 2 is 0.318 bits per heavy atom. The molecule has 0 fully saturated rings. The zero-order valence-corrected chi connectivity index (χ0v) is 87.6. The van der Waals surface area contributed by atoms with Crippen LogP contribution in [0.5, 0.6) is 34.5 Å². The highest BCUT2D eigenvalue weighted by atomic mass is 16.5. The molecule has 0 bridgehead atoms. The van der Waals surface area contributed by atoms with Gasteiger partial charge in [0.25, 0.3) is 0 Å². The Morgan fingerprint density at radius 1 is 0.167 bits per heavy atom. The van der Waals surface area contributed by atoms with Crippen molar-refractivity contribution in [3.05, 3.63) is 60.7 Å². The Balaban J connectivity index is 1.21. The van der Waals surface area contributed by atoms with Crippen LogP contribution in [0, 0.1) is 0 Å². The molecule has 10 nitrogen and oxygen atoms in total. The van der Waals surface area contributed by atoms with E-state index in [2.05, 4.69) is 102 Å². The molecule has 0 aliphatic heterocycles. The number of fused-ring (bicyclic) bond motifs is 2. The van der Waals surface area contributed by atoms with Crippen molar-refractivity contribution < 1.29 is 37.3 Å². The summed E-state index contributed by atoms with van der Waals surface area (Å²) in [5.41, 5.74) is 6.68. The van der Waals surface area contributed by atoms with Gasteiger partial charge in [0.1, 0.15) is 11.0 Å². The molecule has 0 saturated carbocycles. The molecule has 754 valence electrons. The predicted octanol–water partition coefficient (Wildman–Crippen LogP) is 42.1. The maximum Gasteiger partial charge on any atom is 0.227 e. The first-order valence-electron chi connectivity index (χ1n) is 58.4. The van der Waals surface area contributed by atoms with E-state index in [1.165, 1.54) is 462 Å². The van der Waals surface area contributed by atoms with Crippen molar-refractivity contribution >= 4 is 22.2 Å². The van der Waals surface area contributed by atoms with Crippen molar-refractivity contribution in [1.29, 1.82) is 0 Å². The van der Waals surface area contributed by atoms with Gasteiger partial charge in [-0.2, -0.15) is 0 Å². The Bertz CT molecular complexity index is 3210. The quantitative estimate of drug-likeness (QED) is 0.0343. The zero-order chi connectivity index (χ0) is 93.0. The monoisotopic (exact) mass is 1830 g/mol. The molecule has 2 heterocycles. The molecule has 0 atom stereocenters. The Labute approximate surface area is 814 Å². The maximum absolute atomic E-state index is 6.93. The van der Waals surface area contributed by atoms with Crippen molar-refractivity contribution in [2.45, 2.75) is 581 Å². The molecule has 0 aliphatic rings. The average molecular weight is 1830 g/mol. The summed E-state index contributed by atoms with van der Waals surface area (Å²) in [4.78, 5) is 10.4. The maximum atomic E-state index is 6.93. The van der Waals surface area contributed by atoms with Crippen LogP contribution in [0.3, 0.4) is 0 Å². The van der Waals surface area contributed by atoms with Gasteiger partial charge in [0.15, 0.2) is 34.2 Å². The molecule has 0 unspecified atom stereocenters. The first-order valence-corrected chi connectivity index (χ1v) is 58.4. The second-order valence-corrected chi connectivity index (χ2v) is 40.7. The molecule has 6 rings (SSSR count). The van der Waals surface area contributed by atoms with Gasteiger partial charge in [-0.3, -0.25) is 0 Å². The number of benzene rings is 4. The normalized spacial score (nSPS) is 11.7. The topological polar surface area (TPSA) is 107 Å². The third-order valence-electron chi connectivity index (χ3n) is 28.2. The largest absolute Gasteiger partial charge is 0.490 e. The van der Waals surface area contributed by atoms with Gasteiger partial charge in [0.05, 0.1) is 39.6 Å². The van der Waals surface area contributed by atoms with Crippen molar-refractivity contribution in [3.8, 4) is 68.5 Å². The number of nitrogens with zero attached hydrogens (tertiary/aromatic N) is 2. The molecular formula is C122H208N2O8. The molecule has 0 saturated heterocycles. The van der Waals surface area contributed by atoms with Gasteiger partial charge < -0.3 is 37.3 Å². The lowest BCUT2D eigenvalue weighted by molar-refractivity contribution is 0.234. The number of oxazole rings is 2. The summed E-state index contributed by atoms with van der Waals surface area (Å²) in [6.45, 7) is 17.6. The summed E-state index contributed by atoms with van der Waals surface area (Å²) < 4.78 is 55.4. The van der Waals surface area contributed by atoms with E-state index in [-0.39, 0.29) is 0 Å². The van der Waals surface area contributed by atoms with E-state index in [0.717, 1.165) is 145 Å². The number of aromatic nitrogens is 2. The highest BCUT2D eigenvalue weighted by molar-refractivity contribution is 5.87. The molecule has 0 amide bonds. The summed E-state index contributed by atoms with van der Waals surface area (Å²) in [6.07, 6.45) is 111. The molecule has 2 aromatic heterocycles. The van der Waals surface area contributed by atoms with Crippen LogP contribution in [-0.4, -0.2) is 49.6 Å². The summed E-state index contributed by atoms with van der Waals surface area (Å²) in [5, 5.41) is 0. The molecule has 4 aromatic carbocycles. The van der Waals surface area contributed by atoms with Crippen molar-refractivity contribution in [1.82, 2.24) is 9.97 Å². The minimum Gasteiger partial charge on any atom is -0.490 e. The van der Waals surface area contributed by atoms with Crippen LogP contribution in [0.1, 0.15) is 581 Å². The summed E-state index contributed by atoms with van der Waals surface area (Å²) in [5.74, 6) is 5.40. The Morgan fingerprint density at radius 3 is 0.485 bits per heavy atom. The number of unbranched alkanes of at least 4 members (excludes halogenated alkanes) is 78. The van der Waals surface area contributed by atoms with E-state index in [0.29, 0.717) is 62.6 Å². The van der Waals surface area contributed by atoms with E-state index in [1.54, 1.807) is 0 Å². The smallest absolute Gasteiger partial charge is 0.227 e. The summed E-state index contributed by atoms with van der Waals surface area (Å²) in [6, 6.07) is 21.2. The number of rotatable bonds is 99. The van der Waals surface area contributed by atoms with Crippen LogP contribution in [0.2, 0.25) is 0 Å². The Kier molecular flexibility index (Phi) is 73.2. The fourth-order valence-electron chi connectivity index (χ4n) is 19.4. The number of ether oxygens (including phenoxy) is 6. The molecular weight excluding hydrogens is 1620 g/mol. The lowest BCUT2D eigenvalue weighted by Gasteiger charge is -2.18. The van der Waals surface area contributed by atoms with Crippen LogP contribution in [0.25, 0.3) is 56.2 Å². The Hall–Kier alpha value is -5.38. The number of hydrogen-bond donors (Lipinski definition) is 0. The lowest BCUT2D eigenvalue weighted by Crippen LogP contribution is -2.07. The van der Waals surface area contributed by atoms with Gasteiger partial charge in [-0.1, -0.05) is 554 Å². The van der Waals surface area contributed by atoms with Crippen LogP contribution in [-0.2, 0) is 0 Å². The first-order chi connectivity index (χ1) is 65.5. The molecule has 6 aromatic rings. The highest BCUT2D eigenvalue weighted by Crippen LogP contribution is 2.46. The molecule has 0 N–H and O–H groups in total. The van der Waals surface area contributed by atoms with E-state index >= 15 is 0 Å². The van der Waals surface area contributed by atoms with Crippen molar-refractivity contribution in [2.24, 2.45) is 0 Å². The molecule has 0 radical (unpaired) electrons. The zero-order valence-electron chi connectivity index (χ0n) is 87.6. The van der Waals surface area contributed by atoms with E-state index in [1.807, 2.05) is 0 Å². The van der Waals surface area contributed by atoms with Gasteiger partial charge in [-0.25, -0.2) is 9.97 Å². The lowest BCUT2D eigenvalue weighted by atomic mass is 10.0. The molecule has 0 spiro atoms. The fourth-order valence-corrected chi connectivity index (χ4v) is 19.4. The van der Waals surface area contributed by atoms with Gasteiger partial charge in [0.2, 0.25) is 23.3 Å². The standard InChI is InChI=1S/C122H208N2O8/c1-7-13-19-25-31-37-43-49-55-61-67-73-79-85-95-125-115-103-109(104-116(126-96-86-80-74-68-62-56-50-44-38-32-26-20-14-8-2)119(115)129-99-89-83-77-71-65-59-53-47-41-35-29-23-17-11-5)121-123-111-93-91-107(101-113(111)131-121)108-92-94-112-114(102-108)132-122(124-112)110-105-117(127-97-87-81-75-69-63-57-51-45-39-33-27-21-15-9-3)120(130-100-90-84-78-72-66-60-54-48-42-36-30-24-18-12-6)118(106-110)128-98-88-82-76-70-64-58-52-46-40-34-28-22-16-10-4/h91-94,101-106H,7-90,95-100H2,1-6H3. The van der Waals surface area contributed by atoms with Gasteiger partial charge >= 0.3 is 0 Å². The van der Waals surface area contributed by atoms with E-state index in [4.69, 9.17) is 47.2 Å². The van der Waals surface area contributed by atoms with Crippen LogP contribution in [0.4, 0.5) is 0 Å². The van der Waals surface area contributed by atoms with Crippen LogP contribution < -0.4 is 28.4 Å². The minimum atomic E-state index is 0.538.